The molecule has 1 aromatic heterocycles. The van der Waals surface area contributed by atoms with E-state index in [1.807, 2.05) is 0 Å². The number of piperidine rings is 1. The lowest BCUT2D eigenvalue weighted by atomic mass is 9.92. The van der Waals surface area contributed by atoms with Crippen molar-refractivity contribution in [2.75, 3.05) is 19.7 Å². The van der Waals surface area contributed by atoms with Crippen LogP contribution in [0.1, 0.15) is 58.8 Å². The van der Waals surface area contributed by atoms with Crippen LogP contribution in [-0.4, -0.2) is 52.7 Å². The molecule has 1 saturated heterocycles. The number of aliphatic hydroxyl groups excluding tert-OH is 1. The number of H-pyrrole nitrogens is 1. The van der Waals surface area contributed by atoms with Gasteiger partial charge in [0.2, 0.25) is 0 Å². The number of aliphatic hydroxyl groups is 1. The molecule has 0 saturated carbocycles. The maximum Gasteiger partial charge on any atom is 0.340 e. The molecule has 6 heteroatoms. The van der Waals surface area contributed by atoms with Crippen molar-refractivity contribution < 1.29 is 19.4 Å². The molecule has 1 aliphatic rings. The van der Waals surface area contributed by atoms with E-state index in [-0.39, 0.29) is 17.9 Å². The Balaban J connectivity index is 2.15. The van der Waals surface area contributed by atoms with E-state index >= 15 is 0 Å². The van der Waals surface area contributed by atoms with Gasteiger partial charge in [-0.15, -0.1) is 0 Å². The largest absolute Gasteiger partial charge is 0.462 e. The zero-order valence-corrected chi connectivity index (χ0v) is 14.3. The molecular formula is C17H26N2O4. The SMILES string of the molecule is CCOC(=O)c1c(C)[nH]c(C(=O)N2CCC([C@H](C)O)CC2)c1C. The van der Waals surface area contributed by atoms with Crippen LogP contribution in [-0.2, 0) is 4.74 Å². The van der Waals surface area contributed by atoms with E-state index in [9.17, 15) is 14.7 Å². The van der Waals surface area contributed by atoms with Crippen molar-refractivity contribution in [1.29, 1.82) is 0 Å². The number of rotatable bonds is 4. The lowest BCUT2D eigenvalue weighted by Crippen LogP contribution is -2.41. The number of amides is 1. The second-order valence-electron chi connectivity index (χ2n) is 6.22. The minimum absolute atomic E-state index is 0.0924. The number of nitrogens with zero attached hydrogens (tertiary/aromatic N) is 1. The van der Waals surface area contributed by atoms with Crippen LogP contribution in [0.2, 0.25) is 0 Å². The minimum Gasteiger partial charge on any atom is -0.462 e. The zero-order chi connectivity index (χ0) is 17.1. The molecule has 1 atom stereocenters. The molecule has 0 radical (unpaired) electrons. The predicted octanol–water partition coefficient (Wildman–Crippen LogP) is 2.04. The standard InChI is InChI=1S/C17H26N2O4/c1-5-23-17(22)14-10(2)15(18-11(14)3)16(21)19-8-6-13(7-9-19)12(4)20/h12-13,18,20H,5-9H2,1-4H3/t12-/m0/s1. The Morgan fingerprint density at radius 1 is 1.35 bits per heavy atom. The van der Waals surface area contributed by atoms with Crippen LogP contribution in [0.4, 0.5) is 0 Å². The highest BCUT2D eigenvalue weighted by molar-refractivity contribution is 6.00. The summed E-state index contributed by atoms with van der Waals surface area (Å²) in [6.07, 6.45) is 1.26. The molecule has 0 bridgehead atoms. The van der Waals surface area contributed by atoms with Crippen LogP contribution >= 0.6 is 0 Å². The van der Waals surface area contributed by atoms with E-state index in [2.05, 4.69) is 4.98 Å². The lowest BCUT2D eigenvalue weighted by molar-refractivity contribution is 0.0517. The molecule has 23 heavy (non-hydrogen) atoms. The molecule has 0 unspecified atom stereocenters. The van der Waals surface area contributed by atoms with Gasteiger partial charge >= 0.3 is 5.97 Å². The van der Waals surface area contributed by atoms with Crippen molar-refractivity contribution in [2.24, 2.45) is 5.92 Å². The summed E-state index contributed by atoms with van der Waals surface area (Å²) in [6, 6.07) is 0. The minimum atomic E-state index is -0.398. The molecule has 2 heterocycles. The highest BCUT2D eigenvalue weighted by Gasteiger charge is 2.29. The second kappa shape index (κ2) is 7.17. The first-order chi connectivity index (χ1) is 10.9. The average molecular weight is 322 g/mol. The average Bonchev–Trinajstić information content (AvgIpc) is 2.81. The first-order valence-corrected chi connectivity index (χ1v) is 8.20. The predicted molar refractivity (Wildman–Crippen MR) is 86.5 cm³/mol. The molecule has 128 valence electrons. The summed E-state index contributed by atoms with van der Waals surface area (Å²) in [5.41, 5.74) is 2.21. The van der Waals surface area contributed by atoms with Crippen molar-refractivity contribution in [3.05, 3.63) is 22.5 Å². The maximum absolute atomic E-state index is 12.7. The lowest BCUT2D eigenvalue weighted by Gasteiger charge is -2.33. The summed E-state index contributed by atoms with van der Waals surface area (Å²) < 4.78 is 5.06. The number of aromatic nitrogens is 1. The van der Waals surface area contributed by atoms with Gasteiger partial charge in [0.15, 0.2) is 0 Å². The number of likely N-dealkylation sites (tertiary alicyclic amines) is 1. The normalized spacial score (nSPS) is 17.2. The third-order valence-corrected chi connectivity index (χ3v) is 4.64. The highest BCUT2D eigenvalue weighted by atomic mass is 16.5. The van der Waals surface area contributed by atoms with E-state index < -0.39 is 5.97 Å². The Kier molecular flexibility index (Phi) is 5.46. The van der Waals surface area contributed by atoms with Gasteiger partial charge in [-0.3, -0.25) is 4.79 Å². The number of hydrogen-bond acceptors (Lipinski definition) is 4. The summed E-state index contributed by atoms with van der Waals surface area (Å²) in [5, 5.41) is 9.65. The van der Waals surface area contributed by atoms with Gasteiger partial charge in [-0.05, 0) is 52.0 Å². The van der Waals surface area contributed by atoms with Crippen molar-refractivity contribution in [3.63, 3.8) is 0 Å². The van der Waals surface area contributed by atoms with Gasteiger partial charge in [0.25, 0.3) is 5.91 Å². The van der Waals surface area contributed by atoms with Gasteiger partial charge in [0, 0.05) is 18.8 Å². The number of nitrogens with one attached hydrogen (secondary N) is 1. The van der Waals surface area contributed by atoms with Crippen LogP contribution in [0.25, 0.3) is 0 Å². The quantitative estimate of drug-likeness (QED) is 0.831. The van der Waals surface area contributed by atoms with Crippen LogP contribution < -0.4 is 0 Å². The van der Waals surface area contributed by atoms with Crippen molar-refractivity contribution in [1.82, 2.24) is 9.88 Å². The van der Waals surface area contributed by atoms with Crippen LogP contribution in [0.3, 0.4) is 0 Å². The molecule has 0 aromatic carbocycles. The molecule has 2 rings (SSSR count). The van der Waals surface area contributed by atoms with Gasteiger partial charge in [0.1, 0.15) is 5.69 Å². The van der Waals surface area contributed by atoms with Crippen LogP contribution in [0, 0.1) is 19.8 Å². The number of ether oxygens (including phenoxy) is 1. The maximum atomic E-state index is 12.7. The summed E-state index contributed by atoms with van der Waals surface area (Å²) in [4.78, 5) is 29.6. The van der Waals surface area contributed by atoms with Gasteiger partial charge in [0.05, 0.1) is 18.3 Å². The van der Waals surface area contributed by atoms with E-state index in [1.54, 1.807) is 32.6 Å². The molecule has 0 spiro atoms. The van der Waals surface area contributed by atoms with Gasteiger partial charge < -0.3 is 19.7 Å². The smallest absolute Gasteiger partial charge is 0.340 e. The Morgan fingerprint density at radius 3 is 2.48 bits per heavy atom. The van der Waals surface area contributed by atoms with E-state index in [0.29, 0.717) is 42.2 Å². The number of carbonyl (C=O) groups excluding carboxylic acids is 2. The van der Waals surface area contributed by atoms with Crippen molar-refractivity contribution >= 4 is 11.9 Å². The Morgan fingerprint density at radius 2 is 1.96 bits per heavy atom. The summed E-state index contributed by atoms with van der Waals surface area (Å²) in [6.45, 7) is 8.65. The van der Waals surface area contributed by atoms with Crippen molar-refractivity contribution in [3.8, 4) is 0 Å². The highest BCUT2D eigenvalue weighted by Crippen LogP contribution is 2.24. The fourth-order valence-corrected chi connectivity index (χ4v) is 3.22. The molecule has 1 amide bonds. The first kappa shape index (κ1) is 17.5. The molecule has 1 fully saturated rings. The third-order valence-electron chi connectivity index (χ3n) is 4.64. The Bertz CT molecular complexity index is 584. The number of hydrogen-bond donors (Lipinski definition) is 2. The topological polar surface area (TPSA) is 82.6 Å². The fourth-order valence-electron chi connectivity index (χ4n) is 3.22. The molecule has 1 aromatic rings. The zero-order valence-electron chi connectivity index (χ0n) is 14.3. The number of esters is 1. The van der Waals surface area contributed by atoms with Crippen LogP contribution in [0.5, 0.6) is 0 Å². The number of aromatic amines is 1. The number of aryl methyl sites for hydroxylation is 1. The van der Waals surface area contributed by atoms with E-state index in [1.165, 1.54) is 0 Å². The first-order valence-electron chi connectivity index (χ1n) is 8.20. The molecule has 6 nitrogen and oxygen atoms in total. The summed E-state index contributed by atoms with van der Waals surface area (Å²) in [5.74, 6) is -0.239. The van der Waals surface area contributed by atoms with Crippen LogP contribution in [0.15, 0.2) is 0 Å². The molecular weight excluding hydrogens is 296 g/mol. The molecule has 0 aliphatic carbocycles. The third kappa shape index (κ3) is 3.58. The number of carbonyl (C=O) groups is 2. The summed E-state index contributed by atoms with van der Waals surface area (Å²) in [7, 11) is 0. The van der Waals surface area contributed by atoms with E-state index in [0.717, 1.165) is 12.8 Å². The van der Waals surface area contributed by atoms with Crippen molar-refractivity contribution in [2.45, 2.75) is 46.6 Å². The van der Waals surface area contributed by atoms with E-state index in [4.69, 9.17) is 4.74 Å². The van der Waals surface area contributed by atoms with Gasteiger partial charge in [-0.1, -0.05) is 0 Å². The fraction of sp³-hybridized carbons (Fsp3) is 0.647. The van der Waals surface area contributed by atoms with Gasteiger partial charge in [-0.2, -0.15) is 0 Å². The Hall–Kier alpha value is -1.82. The summed E-state index contributed by atoms with van der Waals surface area (Å²) >= 11 is 0. The second-order valence-corrected chi connectivity index (χ2v) is 6.22. The molecule has 1 aliphatic heterocycles. The monoisotopic (exact) mass is 322 g/mol. The Labute approximate surface area is 136 Å². The van der Waals surface area contributed by atoms with Gasteiger partial charge in [-0.25, -0.2) is 4.79 Å². The molecule has 2 N–H and O–H groups in total.